The second-order valence-electron chi connectivity index (χ2n) is 8.68. The average Bonchev–Trinajstić information content (AvgIpc) is 3.26. The average molecular weight is 433 g/mol. The molecule has 0 aliphatic carbocycles. The number of rotatable bonds is 4. The van der Waals surface area contributed by atoms with Crippen LogP contribution in [0.4, 0.5) is 5.69 Å². The van der Waals surface area contributed by atoms with Crippen molar-refractivity contribution in [2.45, 2.75) is 46.6 Å². The largest absolute Gasteiger partial charge is 0.457 e. The molecule has 1 aliphatic rings. The predicted molar refractivity (Wildman–Crippen MR) is 122 cm³/mol. The van der Waals surface area contributed by atoms with E-state index in [-0.39, 0.29) is 29.8 Å². The smallest absolute Gasteiger partial charge is 0.303 e. The topological polar surface area (TPSA) is 77.3 Å². The Morgan fingerprint density at radius 2 is 1.91 bits per heavy atom. The molecule has 0 saturated heterocycles. The molecular weight excluding hydrogens is 404 g/mol. The summed E-state index contributed by atoms with van der Waals surface area (Å²) in [5, 5.41) is 4.54. The summed E-state index contributed by atoms with van der Waals surface area (Å²) in [5.41, 5.74) is 3.90. The van der Waals surface area contributed by atoms with E-state index in [9.17, 15) is 9.59 Å². The summed E-state index contributed by atoms with van der Waals surface area (Å²) >= 11 is 0. The Morgan fingerprint density at radius 3 is 2.59 bits per heavy atom. The van der Waals surface area contributed by atoms with Crippen LogP contribution in [0.1, 0.15) is 67.0 Å². The second kappa shape index (κ2) is 8.57. The van der Waals surface area contributed by atoms with Gasteiger partial charge in [0.05, 0.1) is 11.4 Å². The number of aromatic nitrogens is 3. The number of amides is 1. The fraction of sp³-hybridized carbons (Fsp3) is 0.360. The molecule has 32 heavy (non-hydrogen) atoms. The fourth-order valence-electron chi connectivity index (χ4n) is 4.11. The highest BCUT2D eigenvalue weighted by atomic mass is 16.5. The molecule has 2 unspecified atom stereocenters. The number of hydrogen-bond donors (Lipinski definition) is 0. The van der Waals surface area contributed by atoms with E-state index in [1.54, 1.807) is 15.9 Å². The van der Waals surface area contributed by atoms with Crippen LogP contribution in [-0.4, -0.2) is 33.2 Å². The lowest BCUT2D eigenvalue weighted by Gasteiger charge is -2.38. The highest BCUT2D eigenvalue weighted by molar-refractivity contribution is 6.08. The Balaban J connectivity index is 1.71. The molecule has 7 heteroatoms. The molecule has 1 aromatic heterocycles. The van der Waals surface area contributed by atoms with E-state index in [2.05, 4.69) is 10.1 Å². The lowest BCUT2D eigenvalue weighted by molar-refractivity contribution is -0.149. The van der Waals surface area contributed by atoms with E-state index in [0.717, 1.165) is 28.3 Å². The maximum atomic E-state index is 13.7. The number of esters is 1. The van der Waals surface area contributed by atoms with E-state index in [0.29, 0.717) is 12.1 Å². The van der Waals surface area contributed by atoms with Gasteiger partial charge in [0.1, 0.15) is 12.4 Å². The molecule has 2 atom stereocenters. The van der Waals surface area contributed by atoms with Gasteiger partial charge < -0.3 is 9.64 Å². The number of carbonyl (C=O) groups excluding carboxylic acids is 2. The molecule has 2 heterocycles. The minimum absolute atomic E-state index is 0.0369. The first-order chi connectivity index (χ1) is 15.3. The monoisotopic (exact) mass is 432 g/mol. The number of anilines is 1. The molecule has 0 radical (unpaired) electrons. The number of nitrogens with zero attached hydrogens (tertiary/aromatic N) is 4. The van der Waals surface area contributed by atoms with Gasteiger partial charge in [-0.25, -0.2) is 9.67 Å². The van der Waals surface area contributed by atoms with Crippen LogP contribution in [0.3, 0.4) is 0 Å². The van der Waals surface area contributed by atoms with Crippen LogP contribution in [0.15, 0.2) is 48.8 Å². The first-order valence-corrected chi connectivity index (χ1v) is 10.9. The van der Waals surface area contributed by atoms with Crippen molar-refractivity contribution in [3.63, 3.8) is 0 Å². The summed E-state index contributed by atoms with van der Waals surface area (Å²) in [7, 11) is 0. The van der Waals surface area contributed by atoms with E-state index >= 15 is 0 Å². The summed E-state index contributed by atoms with van der Waals surface area (Å²) in [6.07, 6.45) is 1.31. The van der Waals surface area contributed by atoms with Crippen molar-refractivity contribution in [2.75, 3.05) is 11.4 Å². The fourth-order valence-corrected chi connectivity index (χ4v) is 4.11. The zero-order chi connectivity index (χ0) is 23.0. The molecule has 4 rings (SSSR count). The maximum Gasteiger partial charge on any atom is 0.303 e. The van der Waals surface area contributed by atoms with Gasteiger partial charge in [-0.05, 0) is 30.7 Å². The minimum Gasteiger partial charge on any atom is -0.457 e. The molecule has 7 nitrogen and oxygen atoms in total. The molecule has 3 aromatic rings. The van der Waals surface area contributed by atoms with Crippen LogP contribution in [0.25, 0.3) is 5.69 Å². The molecule has 0 spiro atoms. The van der Waals surface area contributed by atoms with Crippen LogP contribution in [-0.2, 0) is 9.53 Å². The van der Waals surface area contributed by atoms with Gasteiger partial charge in [-0.3, -0.25) is 9.59 Å². The van der Waals surface area contributed by atoms with E-state index < -0.39 is 0 Å². The van der Waals surface area contributed by atoms with Crippen molar-refractivity contribution in [3.8, 4) is 5.69 Å². The van der Waals surface area contributed by atoms with Crippen LogP contribution < -0.4 is 4.90 Å². The van der Waals surface area contributed by atoms with Crippen molar-refractivity contribution in [3.05, 3.63) is 71.3 Å². The normalized spacial score (nSPS) is 17.9. The Kier molecular flexibility index (Phi) is 5.82. The van der Waals surface area contributed by atoms with Crippen molar-refractivity contribution >= 4 is 17.6 Å². The Morgan fingerprint density at radius 1 is 1.16 bits per heavy atom. The second-order valence-corrected chi connectivity index (χ2v) is 8.68. The summed E-state index contributed by atoms with van der Waals surface area (Å²) in [4.78, 5) is 31.5. The Labute approximate surface area is 188 Å². The highest BCUT2D eigenvalue weighted by Crippen LogP contribution is 2.40. The number of aryl methyl sites for hydroxylation is 1. The number of hydrogen-bond acceptors (Lipinski definition) is 5. The van der Waals surface area contributed by atoms with Gasteiger partial charge in [0, 0.05) is 36.4 Å². The molecule has 0 saturated carbocycles. The maximum absolute atomic E-state index is 13.7. The highest BCUT2D eigenvalue weighted by Gasteiger charge is 2.36. The number of para-hydroxylation sites is 1. The van der Waals surface area contributed by atoms with Crippen LogP contribution in [0.2, 0.25) is 0 Å². The van der Waals surface area contributed by atoms with E-state index in [4.69, 9.17) is 4.74 Å². The molecule has 1 aliphatic heterocycles. The lowest BCUT2D eigenvalue weighted by atomic mass is 9.89. The Bertz CT molecular complexity index is 1170. The van der Waals surface area contributed by atoms with Gasteiger partial charge in [0.2, 0.25) is 0 Å². The van der Waals surface area contributed by atoms with Gasteiger partial charge in [-0.2, -0.15) is 5.10 Å². The molecule has 2 aromatic carbocycles. The zero-order valence-electron chi connectivity index (χ0n) is 19.1. The van der Waals surface area contributed by atoms with Crippen molar-refractivity contribution in [2.24, 2.45) is 5.92 Å². The van der Waals surface area contributed by atoms with Gasteiger partial charge in [-0.15, -0.1) is 0 Å². The summed E-state index contributed by atoms with van der Waals surface area (Å²) < 4.78 is 7.29. The lowest BCUT2D eigenvalue weighted by Crippen LogP contribution is -2.42. The molecule has 0 fully saturated rings. The van der Waals surface area contributed by atoms with Crippen molar-refractivity contribution in [1.82, 2.24) is 14.8 Å². The molecular formula is C25H28N4O3. The van der Waals surface area contributed by atoms with Crippen LogP contribution >= 0.6 is 0 Å². The molecule has 0 bridgehead atoms. The van der Waals surface area contributed by atoms with Crippen LogP contribution in [0.5, 0.6) is 0 Å². The summed E-state index contributed by atoms with van der Waals surface area (Å²) in [6, 6.07) is 13.4. The zero-order valence-corrected chi connectivity index (χ0v) is 19.1. The SMILES string of the molecule is CC(=O)OC1c2ccccc2N(C(=O)c2cc(-n3cnc(C(C)C)n3)ccc2C)CC1C. The standard InChI is InChI=1S/C25H28N4O3/c1-15(2)24-26-14-29(27-24)19-11-10-16(3)21(12-19)25(31)28-13-17(4)23(32-18(5)30)20-8-6-7-9-22(20)28/h6-12,14-15,17,23H,13H2,1-5H3. The molecule has 0 N–H and O–H groups in total. The first-order valence-electron chi connectivity index (χ1n) is 10.9. The van der Waals surface area contributed by atoms with Gasteiger partial charge in [0.15, 0.2) is 5.82 Å². The van der Waals surface area contributed by atoms with Gasteiger partial charge >= 0.3 is 5.97 Å². The van der Waals surface area contributed by atoms with Crippen molar-refractivity contribution in [1.29, 1.82) is 0 Å². The third kappa shape index (κ3) is 4.02. The van der Waals surface area contributed by atoms with Gasteiger partial charge in [0.25, 0.3) is 5.91 Å². The number of carbonyl (C=O) groups is 2. The first kappa shape index (κ1) is 21.7. The third-order valence-corrected chi connectivity index (χ3v) is 5.80. The number of fused-ring (bicyclic) bond motifs is 1. The third-order valence-electron chi connectivity index (χ3n) is 5.80. The van der Waals surface area contributed by atoms with Crippen molar-refractivity contribution < 1.29 is 14.3 Å². The minimum atomic E-state index is -0.371. The summed E-state index contributed by atoms with van der Waals surface area (Å²) in [5.74, 6) is 0.529. The predicted octanol–water partition coefficient (Wildman–Crippen LogP) is 4.60. The number of ether oxygens (including phenoxy) is 1. The van der Waals surface area contributed by atoms with E-state index in [1.807, 2.05) is 70.2 Å². The number of benzene rings is 2. The molecule has 1 amide bonds. The van der Waals surface area contributed by atoms with Gasteiger partial charge in [-0.1, -0.05) is 45.0 Å². The van der Waals surface area contributed by atoms with Crippen LogP contribution in [0, 0.1) is 12.8 Å². The summed E-state index contributed by atoms with van der Waals surface area (Å²) in [6.45, 7) is 9.88. The quantitative estimate of drug-likeness (QED) is 0.563. The van der Waals surface area contributed by atoms with E-state index in [1.165, 1.54) is 6.92 Å². The Hall–Kier alpha value is -3.48. The molecule has 166 valence electrons.